The molecule has 1 saturated carbocycles. The van der Waals surface area contributed by atoms with E-state index in [1.807, 2.05) is 24.3 Å². The van der Waals surface area contributed by atoms with Gasteiger partial charge in [0.25, 0.3) is 0 Å². The Kier molecular flexibility index (Phi) is 10.6. The summed E-state index contributed by atoms with van der Waals surface area (Å²) in [5.74, 6) is 4.39. The number of halogens is 1. The van der Waals surface area contributed by atoms with Gasteiger partial charge in [0.05, 0.1) is 11.0 Å². The minimum absolute atomic E-state index is 0. The number of piperidine rings is 1. The van der Waals surface area contributed by atoms with Crippen molar-refractivity contribution in [3.05, 3.63) is 58.9 Å². The molecule has 208 valence electrons. The summed E-state index contributed by atoms with van der Waals surface area (Å²) in [4.78, 5) is 7.77. The van der Waals surface area contributed by atoms with Gasteiger partial charge in [0.1, 0.15) is 18.2 Å². The van der Waals surface area contributed by atoms with Crippen LogP contribution in [0.3, 0.4) is 0 Å². The smallest absolute Gasteiger partial charge is 0.148 e. The average Bonchev–Trinajstić information content (AvgIpc) is 3.27. The standard InChI is InChI=1S/C32H44ClN3O.CH4/c1-24(21-35-18-7-11-27(22-35)20-26-9-4-3-5-10-26)17-19-36-30-12-6-8-25(2)32(30)34-31(36)23-37-29-15-13-28(33)14-16-29;/h6,8,12-16,24,26-27H,3-5,7,9-11,17-23H2,1-2H3;1H4. The van der Waals surface area contributed by atoms with Crippen molar-refractivity contribution >= 4 is 22.6 Å². The molecule has 2 aliphatic rings. The summed E-state index contributed by atoms with van der Waals surface area (Å²) in [6.45, 7) is 9.81. The number of likely N-dealkylation sites (tertiary alicyclic amines) is 1. The maximum atomic E-state index is 6.11. The van der Waals surface area contributed by atoms with Gasteiger partial charge in [-0.2, -0.15) is 0 Å². The Morgan fingerprint density at radius 2 is 1.76 bits per heavy atom. The lowest BCUT2D eigenvalue weighted by molar-refractivity contribution is 0.129. The molecule has 5 heteroatoms. The van der Waals surface area contributed by atoms with Crippen molar-refractivity contribution in [1.29, 1.82) is 0 Å². The molecule has 1 saturated heterocycles. The second-order valence-corrected chi connectivity index (χ2v) is 12.2. The monoisotopic (exact) mass is 537 g/mol. The van der Waals surface area contributed by atoms with Gasteiger partial charge in [-0.05, 0) is 92.8 Å². The summed E-state index contributed by atoms with van der Waals surface area (Å²) >= 11 is 6.04. The van der Waals surface area contributed by atoms with Gasteiger partial charge < -0.3 is 14.2 Å². The van der Waals surface area contributed by atoms with Gasteiger partial charge in [0, 0.05) is 24.7 Å². The Bertz CT molecular complexity index is 1140. The summed E-state index contributed by atoms with van der Waals surface area (Å²) < 4.78 is 8.50. The lowest BCUT2D eigenvalue weighted by atomic mass is 9.80. The summed E-state index contributed by atoms with van der Waals surface area (Å²) in [7, 11) is 0. The molecule has 0 radical (unpaired) electrons. The van der Waals surface area contributed by atoms with Gasteiger partial charge in [-0.3, -0.25) is 0 Å². The minimum Gasteiger partial charge on any atom is -0.486 e. The summed E-state index contributed by atoms with van der Waals surface area (Å²) in [5.41, 5.74) is 3.52. The van der Waals surface area contributed by atoms with Crippen LogP contribution in [0.25, 0.3) is 11.0 Å². The zero-order valence-corrected chi connectivity index (χ0v) is 23.6. The molecule has 0 N–H and O–H groups in total. The molecule has 2 aromatic carbocycles. The van der Waals surface area contributed by atoms with Crippen LogP contribution in [-0.4, -0.2) is 34.1 Å². The van der Waals surface area contributed by atoms with Crippen molar-refractivity contribution in [2.24, 2.45) is 17.8 Å². The zero-order chi connectivity index (χ0) is 25.6. The van der Waals surface area contributed by atoms with E-state index in [-0.39, 0.29) is 7.43 Å². The number of nitrogens with zero attached hydrogens (tertiary/aromatic N) is 3. The third kappa shape index (κ3) is 7.54. The Balaban J connectivity index is 0.00000336. The van der Waals surface area contributed by atoms with E-state index >= 15 is 0 Å². The van der Waals surface area contributed by atoms with Crippen molar-refractivity contribution in [1.82, 2.24) is 14.5 Å². The molecular formula is C33H48ClN3O. The van der Waals surface area contributed by atoms with Crippen molar-refractivity contribution in [2.45, 2.75) is 92.2 Å². The largest absolute Gasteiger partial charge is 0.486 e. The van der Waals surface area contributed by atoms with Gasteiger partial charge in [-0.15, -0.1) is 0 Å². The molecule has 5 rings (SSSR count). The van der Waals surface area contributed by atoms with Crippen molar-refractivity contribution in [2.75, 3.05) is 19.6 Å². The molecule has 0 spiro atoms. The zero-order valence-electron chi connectivity index (χ0n) is 22.8. The first kappa shape index (κ1) is 29.0. The first-order valence-electron chi connectivity index (χ1n) is 14.6. The fourth-order valence-corrected chi connectivity index (χ4v) is 6.78. The third-order valence-electron chi connectivity index (χ3n) is 8.65. The number of hydrogen-bond acceptors (Lipinski definition) is 3. The average molecular weight is 538 g/mol. The van der Waals surface area contributed by atoms with Crippen LogP contribution < -0.4 is 4.74 Å². The van der Waals surface area contributed by atoms with Crippen LogP contribution in [0.5, 0.6) is 5.75 Å². The normalized spacial score (nSPS) is 19.8. The number of aromatic nitrogens is 2. The van der Waals surface area contributed by atoms with E-state index in [4.69, 9.17) is 21.3 Å². The number of benzene rings is 2. The van der Waals surface area contributed by atoms with Crippen LogP contribution in [0.1, 0.15) is 83.5 Å². The first-order valence-corrected chi connectivity index (χ1v) is 15.0. The molecule has 4 nitrogen and oxygen atoms in total. The molecule has 2 atom stereocenters. The molecule has 1 aliphatic heterocycles. The van der Waals surface area contributed by atoms with Crippen molar-refractivity contribution < 1.29 is 4.74 Å². The highest BCUT2D eigenvalue weighted by molar-refractivity contribution is 6.30. The van der Waals surface area contributed by atoms with E-state index in [0.717, 1.165) is 46.9 Å². The molecular weight excluding hydrogens is 490 g/mol. The summed E-state index contributed by atoms with van der Waals surface area (Å²) in [5, 5.41) is 0.721. The van der Waals surface area contributed by atoms with E-state index in [9.17, 15) is 0 Å². The molecule has 0 bridgehead atoms. The van der Waals surface area contributed by atoms with Crippen LogP contribution in [0.4, 0.5) is 0 Å². The lowest BCUT2D eigenvalue weighted by Gasteiger charge is -2.36. The second-order valence-electron chi connectivity index (χ2n) is 11.8. The quantitative estimate of drug-likeness (QED) is 0.258. The molecule has 2 heterocycles. The number of aryl methyl sites for hydroxylation is 2. The second kappa shape index (κ2) is 13.8. The maximum Gasteiger partial charge on any atom is 0.148 e. The van der Waals surface area contributed by atoms with Crippen LogP contribution in [0.15, 0.2) is 42.5 Å². The van der Waals surface area contributed by atoms with E-state index in [0.29, 0.717) is 12.5 Å². The molecule has 2 unspecified atom stereocenters. The van der Waals surface area contributed by atoms with Crippen molar-refractivity contribution in [3.63, 3.8) is 0 Å². The van der Waals surface area contributed by atoms with Crippen LogP contribution >= 0.6 is 11.6 Å². The maximum absolute atomic E-state index is 6.11. The number of ether oxygens (including phenoxy) is 1. The lowest BCUT2D eigenvalue weighted by Crippen LogP contribution is -2.39. The Morgan fingerprint density at radius 1 is 1.00 bits per heavy atom. The van der Waals surface area contributed by atoms with Crippen LogP contribution in [0.2, 0.25) is 5.02 Å². The van der Waals surface area contributed by atoms with Crippen LogP contribution in [-0.2, 0) is 13.2 Å². The predicted octanol–water partition coefficient (Wildman–Crippen LogP) is 8.92. The summed E-state index contributed by atoms with van der Waals surface area (Å²) in [6, 6.07) is 14.1. The van der Waals surface area contributed by atoms with Crippen molar-refractivity contribution in [3.8, 4) is 5.75 Å². The molecule has 38 heavy (non-hydrogen) atoms. The topological polar surface area (TPSA) is 30.3 Å². The Morgan fingerprint density at radius 3 is 2.55 bits per heavy atom. The number of imidazole rings is 1. The van der Waals surface area contributed by atoms with Crippen LogP contribution in [0, 0.1) is 24.7 Å². The Hall–Kier alpha value is -2.04. The molecule has 0 amide bonds. The van der Waals surface area contributed by atoms with Gasteiger partial charge in [-0.1, -0.05) is 70.2 Å². The van der Waals surface area contributed by atoms with Gasteiger partial charge in [0.15, 0.2) is 0 Å². The highest BCUT2D eigenvalue weighted by atomic mass is 35.5. The van der Waals surface area contributed by atoms with E-state index in [2.05, 4.69) is 41.5 Å². The Labute approximate surface area is 235 Å². The molecule has 1 aliphatic carbocycles. The molecule has 3 aromatic rings. The first-order chi connectivity index (χ1) is 18.0. The third-order valence-corrected chi connectivity index (χ3v) is 8.90. The van der Waals surface area contributed by atoms with E-state index in [1.54, 1.807) is 0 Å². The number of rotatable bonds is 10. The fraction of sp³-hybridized carbons (Fsp3) is 0.606. The highest BCUT2D eigenvalue weighted by Crippen LogP contribution is 2.32. The number of para-hydroxylation sites is 1. The van der Waals surface area contributed by atoms with Gasteiger partial charge in [0.2, 0.25) is 0 Å². The van der Waals surface area contributed by atoms with Gasteiger partial charge in [-0.25, -0.2) is 4.98 Å². The minimum atomic E-state index is 0. The SMILES string of the molecule is C.Cc1cccc2c1nc(COc1ccc(Cl)cc1)n2CCC(C)CN1CCCC(CC2CCCCC2)C1. The predicted molar refractivity (Wildman–Crippen MR) is 161 cm³/mol. The highest BCUT2D eigenvalue weighted by Gasteiger charge is 2.25. The molecule has 1 aromatic heterocycles. The number of fused-ring (bicyclic) bond motifs is 1. The fourth-order valence-electron chi connectivity index (χ4n) is 6.66. The summed E-state index contributed by atoms with van der Waals surface area (Å²) in [6.07, 6.45) is 12.8. The van der Waals surface area contributed by atoms with E-state index < -0.39 is 0 Å². The number of hydrogen-bond donors (Lipinski definition) is 0. The van der Waals surface area contributed by atoms with Gasteiger partial charge >= 0.3 is 0 Å². The molecule has 2 fully saturated rings. The van der Waals surface area contributed by atoms with E-state index in [1.165, 1.54) is 82.1 Å².